The van der Waals surface area contributed by atoms with Gasteiger partial charge in [0.2, 0.25) is 0 Å². The maximum atomic E-state index is 13.1. The Morgan fingerprint density at radius 3 is 0.792 bits per heavy atom. The van der Waals surface area contributed by atoms with E-state index < -0.39 is 97.5 Å². The molecule has 0 aliphatic heterocycles. The van der Waals surface area contributed by atoms with Gasteiger partial charge in [0.1, 0.15) is 19.3 Å². The Balaban J connectivity index is 5.19. The van der Waals surface area contributed by atoms with Crippen molar-refractivity contribution in [3.8, 4) is 0 Å². The molecule has 0 aromatic heterocycles. The van der Waals surface area contributed by atoms with Crippen molar-refractivity contribution in [3.63, 3.8) is 0 Å². The van der Waals surface area contributed by atoms with Gasteiger partial charge in [0.05, 0.1) is 26.4 Å². The normalized spacial score (nSPS) is 14.3. The lowest BCUT2D eigenvalue weighted by Gasteiger charge is -2.21. The Morgan fingerprint density at radius 2 is 0.531 bits per heavy atom. The van der Waals surface area contributed by atoms with Gasteiger partial charge in [-0.1, -0.05) is 344 Å². The molecule has 0 heterocycles. The van der Waals surface area contributed by atoms with Gasteiger partial charge in [0.25, 0.3) is 0 Å². The Hall–Kier alpha value is -1.94. The molecule has 0 fully saturated rings. The van der Waals surface area contributed by atoms with Crippen molar-refractivity contribution in [1.29, 1.82) is 0 Å². The standard InChI is InChI=1S/C77H150O17P2/c1-8-10-11-12-13-29-36-44-51-58-74(79)87-65-73(94-77(82)61-54-47-40-39-43-50-57-70(7)9-2)67-92-96(85,86)90-63-71(78)62-89-95(83,84)91-66-72(64-88-75(80)59-52-45-37-32-27-24-20-22-26-31-35-42-49-56-69(5)6)93-76(81)60-53-46-38-33-28-23-19-17-15-14-16-18-21-25-30-34-41-48-55-68(3)4/h68-73,78H,8-67H2,1-7H3,(H,83,84)(H,85,86)/t70?,71-,72-,73-/m1/s1. The molecule has 96 heavy (non-hydrogen) atoms. The van der Waals surface area contributed by atoms with Crippen molar-refractivity contribution < 1.29 is 80.2 Å². The number of carbonyl (C=O) groups is 4. The zero-order chi connectivity index (χ0) is 70.9. The lowest BCUT2D eigenvalue weighted by Crippen LogP contribution is -2.30. The first-order valence-corrected chi connectivity index (χ1v) is 42.9. The summed E-state index contributed by atoms with van der Waals surface area (Å²) < 4.78 is 68.5. The number of esters is 4. The van der Waals surface area contributed by atoms with Crippen LogP contribution in [0.1, 0.15) is 395 Å². The van der Waals surface area contributed by atoms with Crippen LogP contribution in [0, 0.1) is 17.8 Å². The smallest absolute Gasteiger partial charge is 0.462 e. The SMILES string of the molecule is CCCCCCCCCCCC(=O)OC[C@H](COP(=O)(O)OC[C@H](O)COP(=O)(O)OC[C@@H](COC(=O)CCCCCCCCCCCCCCCC(C)C)OC(=O)CCCCCCCCCCCCCCCCCCCCC(C)C)OC(=O)CCCCCCCCC(C)CC. The summed E-state index contributed by atoms with van der Waals surface area (Å²) in [4.78, 5) is 72.7. The molecule has 0 spiro atoms. The highest BCUT2D eigenvalue weighted by Gasteiger charge is 2.30. The van der Waals surface area contributed by atoms with Crippen LogP contribution in [0.3, 0.4) is 0 Å². The van der Waals surface area contributed by atoms with Gasteiger partial charge in [-0.25, -0.2) is 9.13 Å². The van der Waals surface area contributed by atoms with Gasteiger partial charge < -0.3 is 33.8 Å². The number of aliphatic hydroxyl groups is 1. The van der Waals surface area contributed by atoms with Crippen LogP contribution in [0.5, 0.6) is 0 Å². The maximum Gasteiger partial charge on any atom is 0.472 e. The van der Waals surface area contributed by atoms with Crippen LogP contribution >= 0.6 is 15.6 Å². The molecule has 0 saturated carbocycles. The van der Waals surface area contributed by atoms with E-state index in [2.05, 4.69) is 48.5 Å². The van der Waals surface area contributed by atoms with Crippen LogP contribution in [0.2, 0.25) is 0 Å². The topological polar surface area (TPSA) is 237 Å². The van der Waals surface area contributed by atoms with Crippen LogP contribution in [-0.4, -0.2) is 96.7 Å². The second-order valence-electron chi connectivity index (χ2n) is 28.9. The molecule has 0 rings (SSSR count). The average Bonchev–Trinajstić information content (AvgIpc) is 1.12. The van der Waals surface area contributed by atoms with Crippen LogP contribution in [0.4, 0.5) is 0 Å². The molecule has 19 heteroatoms. The van der Waals surface area contributed by atoms with E-state index in [1.165, 1.54) is 205 Å². The second kappa shape index (κ2) is 67.5. The summed E-state index contributed by atoms with van der Waals surface area (Å²) in [5.41, 5.74) is 0. The Labute approximate surface area is 588 Å². The number of hydrogen-bond acceptors (Lipinski definition) is 15. The summed E-state index contributed by atoms with van der Waals surface area (Å²) in [5, 5.41) is 10.6. The second-order valence-corrected chi connectivity index (χ2v) is 31.8. The Morgan fingerprint density at radius 1 is 0.302 bits per heavy atom. The Bertz CT molecular complexity index is 1870. The van der Waals surface area contributed by atoms with E-state index in [4.69, 9.17) is 37.0 Å². The van der Waals surface area contributed by atoms with E-state index in [9.17, 15) is 43.2 Å². The number of phosphoric acid groups is 2. The fraction of sp³-hybridized carbons (Fsp3) is 0.948. The third-order valence-electron chi connectivity index (χ3n) is 18.2. The summed E-state index contributed by atoms with van der Waals surface area (Å²) in [6.07, 6.45) is 54.3. The van der Waals surface area contributed by atoms with Crippen LogP contribution < -0.4 is 0 Å². The zero-order valence-electron chi connectivity index (χ0n) is 62.8. The van der Waals surface area contributed by atoms with Crippen molar-refractivity contribution >= 4 is 39.5 Å². The van der Waals surface area contributed by atoms with E-state index in [1.54, 1.807) is 0 Å². The van der Waals surface area contributed by atoms with E-state index in [-0.39, 0.29) is 25.7 Å². The molecule has 0 aromatic carbocycles. The van der Waals surface area contributed by atoms with Crippen molar-refractivity contribution in [1.82, 2.24) is 0 Å². The maximum absolute atomic E-state index is 13.1. The monoisotopic (exact) mass is 1410 g/mol. The summed E-state index contributed by atoms with van der Waals surface area (Å²) in [5.74, 6) is 0.211. The predicted molar refractivity (Wildman–Crippen MR) is 391 cm³/mol. The van der Waals surface area contributed by atoms with Crippen molar-refractivity contribution in [2.24, 2.45) is 17.8 Å². The number of hydrogen-bond donors (Lipinski definition) is 3. The number of carbonyl (C=O) groups excluding carboxylic acids is 4. The minimum atomic E-state index is -4.96. The molecule has 6 atom stereocenters. The zero-order valence-corrected chi connectivity index (χ0v) is 64.6. The first-order chi connectivity index (χ1) is 46.3. The fourth-order valence-electron chi connectivity index (χ4n) is 11.7. The van der Waals surface area contributed by atoms with Gasteiger partial charge in [-0.3, -0.25) is 37.3 Å². The van der Waals surface area contributed by atoms with E-state index in [0.29, 0.717) is 25.7 Å². The number of aliphatic hydroxyl groups excluding tert-OH is 1. The highest BCUT2D eigenvalue weighted by molar-refractivity contribution is 7.47. The molecular weight excluding hydrogens is 1260 g/mol. The number of ether oxygens (including phenoxy) is 4. The third kappa shape index (κ3) is 69.2. The molecular formula is C77H150O17P2. The highest BCUT2D eigenvalue weighted by atomic mass is 31.2. The van der Waals surface area contributed by atoms with Crippen molar-refractivity contribution in [2.45, 2.75) is 414 Å². The predicted octanol–water partition coefficient (Wildman–Crippen LogP) is 22.6. The molecule has 17 nitrogen and oxygen atoms in total. The van der Waals surface area contributed by atoms with E-state index in [0.717, 1.165) is 108 Å². The van der Waals surface area contributed by atoms with Gasteiger partial charge in [-0.2, -0.15) is 0 Å². The van der Waals surface area contributed by atoms with Crippen LogP contribution in [0.25, 0.3) is 0 Å². The first-order valence-electron chi connectivity index (χ1n) is 39.9. The quantitative estimate of drug-likeness (QED) is 0.0222. The molecule has 0 bridgehead atoms. The third-order valence-corrected chi connectivity index (χ3v) is 20.1. The molecule has 0 amide bonds. The molecule has 3 unspecified atom stereocenters. The number of unbranched alkanes of at least 4 members (excludes halogenated alkanes) is 42. The van der Waals surface area contributed by atoms with E-state index >= 15 is 0 Å². The lowest BCUT2D eigenvalue weighted by molar-refractivity contribution is -0.161. The molecule has 0 aliphatic rings. The molecule has 0 radical (unpaired) electrons. The fourth-order valence-corrected chi connectivity index (χ4v) is 13.3. The van der Waals surface area contributed by atoms with Gasteiger partial charge in [-0.15, -0.1) is 0 Å². The molecule has 0 aromatic rings. The molecule has 0 saturated heterocycles. The highest BCUT2D eigenvalue weighted by Crippen LogP contribution is 2.45. The summed E-state index contributed by atoms with van der Waals surface area (Å²) in [6, 6.07) is 0. The van der Waals surface area contributed by atoms with Crippen LogP contribution in [-0.2, 0) is 65.4 Å². The van der Waals surface area contributed by atoms with Gasteiger partial charge in [0.15, 0.2) is 12.2 Å². The summed E-state index contributed by atoms with van der Waals surface area (Å²) >= 11 is 0. The lowest BCUT2D eigenvalue weighted by atomic mass is 10.00. The molecule has 3 N–H and O–H groups in total. The minimum absolute atomic E-state index is 0.103. The van der Waals surface area contributed by atoms with Crippen LogP contribution in [0.15, 0.2) is 0 Å². The molecule has 570 valence electrons. The first kappa shape index (κ1) is 94.1. The van der Waals surface area contributed by atoms with Crippen molar-refractivity contribution in [2.75, 3.05) is 39.6 Å². The minimum Gasteiger partial charge on any atom is -0.462 e. The number of phosphoric ester groups is 2. The largest absolute Gasteiger partial charge is 0.472 e. The molecule has 0 aliphatic carbocycles. The van der Waals surface area contributed by atoms with Gasteiger partial charge in [0, 0.05) is 25.7 Å². The van der Waals surface area contributed by atoms with Gasteiger partial charge >= 0.3 is 39.5 Å². The summed E-state index contributed by atoms with van der Waals surface area (Å²) in [7, 11) is -9.91. The number of rotatable bonds is 75. The summed E-state index contributed by atoms with van der Waals surface area (Å²) in [6.45, 7) is 11.9. The van der Waals surface area contributed by atoms with E-state index in [1.807, 2.05) is 0 Å². The average molecular weight is 1410 g/mol. The van der Waals surface area contributed by atoms with Gasteiger partial charge in [-0.05, 0) is 43.4 Å². The van der Waals surface area contributed by atoms with Crippen molar-refractivity contribution in [3.05, 3.63) is 0 Å². The Kier molecular flexibility index (Phi) is 66.2.